The van der Waals surface area contributed by atoms with Crippen LogP contribution >= 0.6 is 0 Å². The maximum atomic E-state index is 14.4. The van der Waals surface area contributed by atoms with Gasteiger partial charge in [0, 0.05) is 12.1 Å². The molecule has 0 atom stereocenters. The number of carbonyl (C=O) groups is 1. The molecule has 3 N–H and O–H groups in total. The first-order valence-corrected chi connectivity index (χ1v) is 7.38. The number of nitrogens with zero attached hydrogens (tertiary/aromatic N) is 1. The Balaban J connectivity index is 2.14. The van der Waals surface area contributed by atoms with E-state index in [9.17, 15) is 9.18 Å². The molecule has 1 aromatic carbocycles. The third kappa shape index (κ3) is 4.23. The Morgan fingerprint density at radius 3 is 2.88 bits per heavy atom. The van der Waals surface area contributed by atoms with Gasteiger partial charge in [-0.15, -0.1) is 11.8 Å². The van der Waals surface area contributed by atoms with Crippen molar-refractivity contribution in [1.82, 2.24) is 4.98 Å². The molecule has 6 heteroatoms. The molecule has 0 saturated heterocycles. The highest BCUT2D eigenvalue weighted by Crippen LogP contribution is 2.25. The van der Waals surface area contributed by atoms with Crippen molar-refractivity contribution in [3.63, 3.8) is 0 Å². The Morgan fingerprint density at radius 2 is 2.17 bits per heavy atom. The lowest BCUT2D eigenvalue weighted by molar-refractivity contribution is 0.102. The van der Waals surface area contributed by atoms with Crippen LogP contribution in [0, 0.1) is 24.6 Å². The highest BCUT2D eigenvalue weighted by Gasteiger charge is 2.15. The molecule has 0 unspecified atom stereocenters. The Labute approximate surface area is 140 Å². The first-order valence-electron chi connectivity index (χ1n) is 7.38. The van der Waals surface area contributed by atoms with E-state index in [1.54, 1.807) is 32.0 Å². The van der Waals surface area contributed by atoms with Crippen LogP contribution in [0.2, 0.25) is 0 Å². The Morgan fingerprint density at radius 1 is 1.38 bits per heavy atom. The summed E-state index contributed by atoms with van der Waals surface area (Å²) in [6, 6.07) is 7.75. The molecule has 1 heterocycles. The van der Waals surface area contributed by atoms with Crippen molar-refractivity contribution < 1.29 is 13.9 Å². The number of aryl methyl sites for hydroxylation is 1. The van der Waals surface area contributed by atoms with Crippen molar-refractivity contribution in [3.05, 3.63) is 47.4 Å². The van der Waals surface area contributed by atoms with Gasteiger partial charge in [0.2, 0.25) is 0 Å². The first kappa shape index (κ1) is 17.3. The van der Waals surface area contributed by atoms with E-state index < -0.39 is 11.7 Å². The van der Waals surface area contributed by atoms with Crippen molar-refractivity contribution in [2.75, 3.05) is 17.7 Å². The maximum absolute atomic E-state index is 14.4. The van der Waals surface area contributed by atoms with Gasteiger partial charge in [0.15, 0.2) is 11.6 Å². The van der Waals surface area contributed by atoms with Gasteiger partial charge in [-0.25, -0.2) is 9.37 Å². The lowest BCUT2D eigenvalue weighted by Gasteiger charge is -2.11. The SMILES string of the molecule is CC#CCCOc1cccc(NC(=O)c2ccc(C)nc2N)c1F. The fraction of sp³-hybridized carbons (Fsp3) is 0.222. The molecular formula is C18H18FN3O2. The van der Waals surface area contributed by atoms with Crippen molar-refractivity contribution in [1.29, 1.82) is 0 Å². The molecule has 124 valence electrons. The van der Waals surface area contributed by atoms with Crippen molar-refractivity contribution >= 4 is 17.4 Å². The predicted octanol–water partition coefficient (Wildman–Crippen LogP) is 3.16. The molecule has 24 heavy (non-hydrogen) atoms. The minimum Gasteiger partial charge on any atom is -0.489 e. The summed E-state index contributed by atoms with van der Waals surface area (Å²) in [4.78, 5) is 16.3. The third-order valence-electron chi connectivity index (χ3n) is 3.18. The van der Waals surface area contributed by atoms with E-state index >= 15 is 0 Å². The molecule has 1 amide bonds. The summed E-state index contributed by atoms with van der Waals surface area (Å²) in [6.07, 6.45) is 0.498. The Bertz CT molecular complexity index is 810. The van der Waals surface area contributed by atoms with Crippen molar-refractivity contribution in [3.8, 4) is 17.6 Å². The summed E-state index contributed by atoms with van der Waals surface area (Å²) in [5, 5.41) is 2.49. The van der Waals surface area contributed by atoms with Gasteiger partial charge in [-0.1, -0.05) is 6.07 Å². The van der Waals surface area contributed by atoms with Crippen LogP contribution in [0.4, 0.5) is 15.9 Å². The average molecular weight is 327 g/mol. The molecule has 1 aromatic heterocycles. The minimum absolute atomic E-state index is 0.0130. The van der Waals surface area contributed by atoms with E-state index in [-0.39, 0.29) is 29.4 Å². The third-order valence-corrected chi connectivity index (χ3v) is 3.18. The molecule has 2 aromatic rings. The van der Waals surface area contributed by atoms with Crippen LogP contribution in [0.1, 0.15) is 29.4 Å². The number of aromatic nitrogens is 1. The largest absolute Gasteiger partial charge is 0.489 e. The molecule has 0 aliphatic rings. The van der Waals surface area contributed by atoms with Crippen LogP contribution in [0.15, 0.2) is 30.3 Å². The molecule has 0 saturated carbocycles. The number of nitrogens with two attached hydrogens (primary N) is 1. The molecule has 0 aliphatic heterocycles. The summed E-state index contributed by atoms with van der Waals surface area (Å²) in [7, 11) is 0. The second-order valence-corrected chi connectivity index (χ2v) is 4.98. The molecule has 0 spiro atoms. The molecule has 0 radical (unpaired) electrons. The fourth-order valence-electron chi connectivity index (χ4n) is 2.01. The van der Waals surface area contributed by atoms with Crippen LogP contribution in [-0.4, -0.2) is 17.5 Å². The van der Waals surface area contributed by atoms with Crippen molar-refractivity contribution in [2.24, 2.45) is 0 Å². The second-order valence-electron chi connectivity index (χ2n) is 4.98. The number of pyridine rings is 1. The smallest absolute Gasteiger partial charge is 0.259 e. The van der Waals surface area contributed by atoms with Gasteiger partial charge in [0.1, 0.15) is 5.82 Å². The number of nitrogen functional groups attached to an aromatic ring is 1. The Hall–Kier alpha value is -3.07. The summed E-state index contributed by atoms with van der Waals surface area (Å²) in [6.45, 7) is 3.76. The quantitative estimate of drug-likeness (QED) is 0.653. The normalized spacial score (nSPS) is 9.79. The number of ether oxygens (including phenoxy) is 1. The number of amides is 1. The number of halogens is 1. The lowest BCUT2D eigenvalue weighted by Crippen LogP contribution is -2.16. The summed E-state index contributed by atoms with van der Waals surface area (Å²) < 4.78 is 19.7. The van der Waals surface area contributed by atoms with E-state index in [4.69, 9.17) is 10.5 Å². The fourth-order valence-corrected chi connectivity index (χ4v) is 2.01. The number of hydrogen-bond acceptors (Lipinski definition) is 4. The Kier molecular flexibility index (Phi) is 5.74. The predicted molar refractivity (Wildman–Crippen MR) is 91.3 cm³/mol. The molecule has 2 rings (SSSR count). The van der Waals surface area contributed by atoms with Gasteiger partial charge in [0.25, 0.3) is 5.91 Å². The van der Waals surface area contributed by atoms with Crippen molar-refractivity contribution in [2.45, 2.75) is 20.3 Å². The second kappa shape index (κ2) is 7.97. The number of anilines is 2. The van der Waals surface area contributed by atoms with Crippen LogP contribution in [0.3, 0.4) is 0 Å². The topological polar surface area (TPSA) is 77.2 Å². The minimum atomic E-state index is -0.644. The first-order chi connectivity index (χ1) is 11.5. The highest BCUT2D eigenvalue weighted by atomic mass is 19.1. The average Bonchev–Trinajstić information content (AvgIpc) is 2.54. The van der Waals surface area contributed by atoms with Gasteiger partial charge in [0.05, 0.1) is 17.9 Å². The van der Waals surface area contributed by atoms with Gasteiger partial charge < -0.3 is 15.8 Å². The number of hydrogen-bond donors (Lipinski definition) is 2. The maximum Gasteiger partial charge on any atom is 0.259 e. The molecular weight excluding hydrogens is 309 g/mol. The van der Waals surface area contributed by atoms with Gasteiger partial charge in [-0.2, -0.15) is 0 Å². The molecule has 0 bridgehead atoms. The van der Waals surface area contributed by atoms with Gasteiger partial charge in [-0.05, 0) is 38.1 Å². The van der Waals surface area contributed by atoms with E-state index in [1.807, 2.05) is 0 Å². The molecule has 0 fully saturated rings. The number of benzene rings is 1. The van der Waals surface area contributed by atoms with Crippen LogP contribution in [0.5, 0.6) is 5.75 Å². The van der Waals surface area contributed by atoms with Crippen LogP contribution in [-0.2, 0) is 0 Å². The summed E-state index contributed by atoms with van der Waals surface area (Å²) in [5.41, 5.74) is 6.63. The van der Waals surface area contributed by atoms with E-state index in [0.717, 1.165) is 0 Å². The lowest BCUT2D eigenvalue weighted by atomic mass is 10.2. The summed E-state index contributed by atoms with van der Waals surface area (Å²) in [5.74, 6) is 4.54. The monoisotopic (exact) mass is 327 g/mol. The number of rotatable bonds is 5. The van der Waals surface area contributed by atoms with E-state index in [1.165, 1.54) is 12.1 Å². The van der Waals surface area contributed by atoms with E-state index in [2.05, 4.69) is 22.1 Å². The van der Waals surface area contributed by atoms with Crippen LogP contribution in [0.25, 0.3) is 0 Å². The van der Waals surface area contributed by atoms with Gasteiger partial charge >= 0.3 is 0 Å². The molecule has 0 aliphatic carbocycles. The zero-order chi connectivity index (χ0) is 17.5. The number of nitrogens with one attached hydrogen (secondary N) is 1. The van der Waals surface area contributed by atoms with E-state index in [0.29, 0.717) is 12.1 Å². The zero-order valence-corrected chi connectivity index (χ0v) is 13.5. The zero-order valence-electron chi connectivity index (χ0n) is 13.5. The molecule has 5 nitrogen and oxygen atoms in total. The van der Waals surface area contributed by atoms with Crippen LogP contribution < -0.4 is 15.8 Å². The summed E-state index contributed by atoms with van der Waals surface area (Å²) >= 11 is 0. The standard InChI is InChI=1S/C18H18FN3O2/c1-3-4-5-11-24-15-8-6-7-14(16(15)19)22-18(23)13-10-9-12(2)21-17(13)20/h6-10H,5,11H2,1-2H3,(H2,20,21)(H,22,23). The van der Waals surface area contributed by atoms with Gasteiger partial charge in [-0.3, -0.25) is 4.79 Å². The highest BCUT2D eigenvalue weighted by molar-refractivity contribution is 6.07. The number of carbonyl (C=O) groups excluding carboxylic acids is 1.